The highest BCUT2D eigenvalue weighted by Crippen LogP contribution is 2.37. The second kappa shape index (κ2) is 5.87. The van der Waals surface area contributed by atoms with E-state index in [1.165, 1.54) is 0 Å². The summed E-state index contributed by atoms with van der Waals surface area (Å²) in [5, 5.41) is 12.8. The van der Waals surface area contributed by atoms with Gasteiger partial charge >= 0.3 is 6.18 Å². The maximum absolute atomic E-state index is 12.8. The number of rotatable bonds is 2. The van der Waals surface area contributed by atoms with Crippen molar-refractivity contribution in [3.63, 3.8) is 0 Å². The van der Waals surface area contributed by atoms with Crippen molar-refractivity contribution in [2.24, 2.45) is 0 Å². The molecule has 0 aliphatic carbocycles. The second-order valence-electron chi connectivity index (χ2n) is 5.25. The summed E-state index contributed by atoms with van der Waals surface area (Å²) >= 11 is 0. The van der Waals surface area contributed by atoms with Crippen LogP contribution in [0.25, 0.3) is 10.9 Å². The van der Waals surface area contributed by atoms with Gasteiger partial charge in [-0.1, -0.05) is 0 Å². The normalized spacial score (nSPS) is 19.5. The Morgan fingerprint density at radius 3 is 2.71 bits per heavy atom. The smallest absolute Gasteiger partial charge is 0.416 e. The number of hydrogen-bond acceptors (Lipinski definition) is 6. The third kappa shape index (κ3) is 2.92. The number of nitrogens with zero attached hydrogens (tertiary/aromatic N) is 1. The molecule has 2 aromatic rings. The number of alkyl halides is 3. The lowest BCUT2D eigenvalue weighted by molar-refractivity contribution is -0.137. The Hall–Kier alpha value is -1.91. The fraction of sp³-hybridized carbons (Fsp3) is 0.357. The fourth-order valence-electron chi connectivity index (χ4n) is 2.43. The van der Waals surface area contributed by atoms with Crippen LogP contribution in [0.3, 0.4) is 0 Å². The van der Waals surface area contributed by atoms with Gasteiger partial charge in [-0.15, -0.1) is 0 Å². The molecular weight excluding hydrogens is 349 g/mol. The number of halogens is 3. The number of hydrogen-bond donors (Lipinski definition) is 2. The fourth-order valence-corrected chi connectivity index (χ4v) is 3.90. The molecule has 1 saturated heterocycles. The molecule has 6 nitrogen and oxygen atoms in total. The molecule has 0 bridgehead atoms. The Labute approximate surface area is 135 Å². The summed E-state index contributed by atoms with van der Waals surface area (Å²) in [4.78, 5) is 3.29. The van der Waals surface area contributed by atoms with Crippen molar-refractivity contribution in [3.8, 4) is 5.75 Å². The van der Waals surface area contributed by atoms with Gasteiger partial charge in [0.15, 0.2) is 5.44 Å². The monoisotopic (exact) mass is 362 g/mol. The van der Waals surface area contributed by atoms with Crippen molar-refractivity contribution in [1.29, 1.82) is 0 Å². The lowest BCUT2D eigenvalue weighted by atomic mass is 10.1. The number of ether oxygens (including phenoxy) is 1. The average Bonchev–Trinajstić information content (AvgIpc) is 2.54. The van der Waals surface area contributed by atoms with Crippen molar-refractivity contribution in [3.05, 3.63) is 30.0 Å². The zero-order valence-electron chi connectivity index (χ0n) is 12.2. The van der Waals surface area contributed by atoms with Gasteiger partial charge in [-0.2, -0.15) is 13.2 Å². The van der Waals surface area contributed by atoms with E-state index < -0.39 is 37.7 Å². The third-order valence-corrected chi connectivity index (χ3v) is 5.59. The van der Waals surface area contributed by atoms with Gasteiger partial charge in [0.05, 0.1) is 23.9 Å². The molecular formula is C14H13F3N2O4S. The summed E-state index contributed by atoms with van der Waals surface area (Å²) < 4.78 is 68.7. The zero-order valence-corrected chi connectivity index (χ0v) is 13.0. The van der Waals surface area contributed by atoms with Gasteiger partial charge in [0.2, 0.25) is 9.84 Å². The van der Waals surface area contributed by atoms with Crippen molar-refractivity contribution < 1.29 is 31.4 Å². The topological polar surface area (TPSA) is 88.5 Å². The predicted molar refractivity (Wildman–Crippen MR) is 78.2 cm³/mol. The Bertz CT molecular complexity index is 877. The molecule has 0 amide bonds. The van der Waals surface area contributed by atoms with Crippen LogP contribution >= 0.6 is 0 Å². The van der Waals surface area contributed by atoms with E-state index >= 15 is 0 Å². The van der Waals surface area contributed by atoms with Crippen molar-refractivity contribution in [1.82, 2.24) is 10.3 Å². The van der Waals surface area contributed by atoms with Crippen LogP contribution < -0.4 is 5.32 Å². The van der Waals surface area contributed by atoms with Gasteiger partial charge < -0.3 is 15.2 Å². The van der Waals surface area contributed by atoms with E-state index in [2.05, 4.69) is 10.3 Å². The Balaban J connectivity index is 2.14. The van der Waals surface area contributed by atoms with Crippen LogP contribution in [0.1, 0.15) is 5.56 Å². The number of aromatic hydroxyl groups is 1. The van der Waals surface area contributed by atoms with Crippen molar-refractivity contribution in [2.75, 3.05) is 19.7 Å². The van der Waals surface area contributed by atoms with Crippen LogP contribution in [0.4, 0.5) is 13.2 Å². The van der Waals surface area contributed by atoms with Gasteiger partial charge in [-0.3, -0.25) is 4.98 Å². The molecule has 0 spiro atoms. The summed E-state index contributed by atoms with van der Waals surface area (Å²) in [5.74, 6) is -0.764. The van der Waals surface area contributed by atoms with Crippen LogP contribution in [-0.2, 0) is 20.8 Å². The Morgan fingerprint density at radius 1 is 1.33 bits per heavy atom. The molecule has 1 fully saturated rings. The van der Waals surface area contributed by atoms with E-state index in [9.17, 15) is 26.7 Å². The SMILES string of the molecule is O=S(=O)(c1cnc2ccc(C(F)(F)F)cc2c1O)C1CNCCO1. The summed E-state index contributed by atoms with van der Waals surface area (Å²) in [7, 11) is -4.11. The molecule has 1 aromatic heterocycles. The molecule has 1 atom stereocenters. The maximum Gasteiger partial charge on any atom is 0.416 e. The molecule has 10 heteroatoms. The lowest BCUT2D eigenvalue weighted by Crippen LogP contribution is -2.43. The summed E-state index contributed by atoms with van der Waals surface area (Å²) in [6.45, 7) is 0.676. The number of morpholine rings is 1. The van der Waals surface area contributed by atoms with E-state index in [4.69, 9.17) is 4.74 Å². The van der Waals surface area contributed by atoms with Gasteiger partial charge in [-0.05, 0) is 18.2 Å². The van der Waals surface area contributed by atoms with Crippen LogP contribution in [0, 0.1) is 0 Å². The lowest BCUT2D eigenvalue weighted by Gasteiger charge is -2.23. The quantitative estimate of drug-likeness (QED) is 0.845. The van der Waals surface area contributed by atoms with E-state index in [0.717, 1.165) is 18.3 Å². The zero-order chi connectivity index (χ0) is 17.5. The number of nitrogens with one attached hydrogen (secondary N) is 1. The van der Waals surface area contributed by atoms with Crippen LogP contribution in [0.5, 0.6) is 5.75 Å². The summed E-state index contributed by atoms with van der Waals surface area (Å²) in [5.41, 5.74) is -2.18. The average molecular weight is 362 g/mol. The van der Waals surface area contributed by atoms with Crippen molar-refractivity contribution >= 4 is 20.7 Å². The second-order valence-corrected chi connectivity index (χ2v) is 7.31. The maximum atomic E-state index is 12.8. The van der Waals surface area contributed by atoms with Gasteiger partial charge in [0.25, 0.3) is 0 Å². The molecule has 3 rings (SSSR count). The van der Waals surface area contributed by atoms with E-state index in [1.807, 2.05) is 0 Å². The predicted octanol–water partition coefficient (Wildman–Crippen LogP) is 1.68. The van der Waals surface area contributed by atoms with Gasteiger partial charge in [-0.25, -0.2) is 8.42 Å². The molecule has 1 aliphatic heterocycles. The van der Waals surface area contributed by atoms with E-state index in [-0.39, 0.29) is 24.1 Å². The summed E-state index contributed by atoms with van der Waals surface area (Å²) in [6, 6.07) is 2.57. The molecule has 0 radical (unpaired) electrons. The Kier molecular flexibility index (Phi) is 4.14. The molecule has 1 unspecified atom stereocenters. The number of fused-ring (bicyclic) bond motifs is 1. The molecule has 1 aromatic carbocycles. The number of benzene rings is 1. The molecule has 2 N–H and O–H groups in total. The minimum atomic E-state index is -4.62. The third-order valence-electron chi connectivity index (χ3n) is 3.68. The van der Waals surface area contributed by atoms with Gasteiger partial charge in [0, 0.05) is 18.5 Å². The first-order chi connectivity index (χ1) is 11.2. The van der Waals surface area contributed by atoms with Crippen LogP contribution in [-0.4, -0.2) is 43.6 Å². The Morgan fingerprint density at radius 2 is 2.08 bits per heavy atom. The molecule has 1 aliphatic rings. The molecule has 0 saturated carbocycles. The van der Waals surface area contributed by atoms with Crippen LogP contribution in [0.15, 0.2) is 29.3 Å². The first kappa shape index (κ1) is 16.9. The van der Waals surface area contributed by atoms with Gasteiger partial charge in [0.1, 0.15) is 10.6 Å². The minimum Gasteiger partial charge on any atom is -0.506 e. The standard InChI is InChI=1S/C14H13F3N2O4S/c15-14(16,17)8-1-2-10-9(5-8)13(20)11(6-19-10)24(21,22)12-7-18-3-4-23-12/h1-2,5-6,12,18H,3-4,7H2,(H,19,20). The molecule has 130 valence electrons. The first-order valence-corrected chi connectivity index (χ1v) is 8.51. The molecule has 2 heterocycles. The largest absolute Gasteiger partial charge is 0.506 e. The first-order valence-electron chi connectivity index (χ1n) is 6.96. The molecule has 24 heavy (non-hydrogen) atoms. The van der Waals surface area contributed by atoms with E-state index in [0.29, 0.717) is 12.6 Å². The number of aromatic nitrogens is 1. The highest BCUT2D eigenvalue weighted by Gasteiger charge is 2.34. The number of sulfone groups is 1. The van der Waals surface area contributed by atoms with E-state index in [1.54, 1.807) is 0 Å². The van der Waals surface area contributed by atoms with Crippen molar-refractivity contribution in [2.45, 2.75) is 16.5 Å². The number of pyridine rings is 1. The minimum absolute atomic E-state index is 0.0163. The highest BCUT2D eigenvalue weighted by molar-refractivity contribution is 7.92. The highest BCUT2D eigenvalue weighted by atomic mass is 32.2. The van der Waals surface area contributed by atoms with Crippen LogP contribution in [0.2, 0.25) is 0 Å². The summed E-state index contributed by atoms with van der Waals surface area (Å²) in [6.07, 6.45) is -3.69.